The van der Waals surface area contributed by atoms with Crippen LogP contribution < -0.4 is 11.3 Å². The van der Waals surface area contributed by atoms with Crippen molar-refractivity contribution in [2.75, 3.05) is 26.8 Å². The first kappa shape index (κ1) is 13.9. The molecule has 1 unspecified atom stereocenters. The Kier molecular flexibility index (Phi) is 5.69. The molecule has 1 atom stereocenters. The molecule has 0 aromatic rings. The van der Waals surface area contributed by atoms with Gasteiger partial charge in [-0.1, -0.05) is 13.8 Å². The molecule has 0 aromatic heterocycles. The zero-order valence-corrected chi connectivity index (χ0v) is 11.0. The number of nitrogens with zero attached hydrogens (tertiary/aromatic N) is 1. The number of ether oxygens (including phenoxy) is 1. The van der Waals surface area contributed by atoms with Crippen LogP contribution in [0.15, 0.2) is 0 Å². The predicted octanol–water partition coefficient (Wildman–Crippen LogP) is 1.12. The first-order chi connectivity index (χ1) is 7.75. The number of likely N-dealkylation sites (tertiary alicyclic amines) is 1. The van der Waals surface area contributed by atoms with Gasteiger partial charge in [-0.05, 0) is 38.8 Å². The van der Waals surface area contributed by atoms with Crippen LogP contribution in [0, 0.1) is 0 Å². The van der Waals surface area contributed by atoms with E-state index < -0.39 is 0 Å². The summed E-state index contributed by atoms with van der Waals surface area (Å²) in [5, 5.41) is 0. The Bertz CT molecular complexity index is 189. The third-order valence-corrected chi connectivity index (χ3v) is 4.14. The van der Waals surface area contributed by atoms with Crippen molar-refractivity contribution in [2.24, 2.45) is 5.84 Å². The maximum absolute atomic E-state index is 5.71. The second kappa shape index (κ2) is 6.55. The normalized spacial score (nSPS) is 20.2. The number of nitrogens with two attached hydrogens (primary N) is 1. The fourth-order valence-electron chi connectivity index (χ4n) is 3.10. The minimum absolute atomic E-state index is 0.154. The van der Waals surface area contributed by atoms with Crippen molar-refractivity contribution in [1.82, 2.24) is 10.3 Å². The van der Waals surface area contributed by atoms with Crippen LogP contribution in [0.5, 0.6) is 0 Å². The average Bonchev–Trinajstić information content (AvgIpc) is 2.84. The van der Waals surface area contributed by atoms with E-state index in [0.29, 0.717) is 6.61 Å². The van der Waals surface area contributed by atoms with Gasteiger partial charge in [0.2, 0.25) is 0 Å². The van der Waals surface area contributed by atoms with Crippen LogP contribution >= 0.6 is 0 Å². The topological polar surface area (TPSA) is 50.5 Å². The van der Waals surface area contributed by atoms with Crippen molar-refractivity contribution >= 4 is 0 Å². The van der Waals surface area contributed by atoms with E-state index in [9.17, 15) is 0 Å². The fourth-order valence-corrected chi connectivity index (χ4v) is 3.10. The van der Waals surface area contributed by atoms with E-state index in [0.717, 1.165) is 12.8 Å². The summed E-state index contributed by atoms with van der Waals surface area (Å²) in [5.41, 5.74) is 3.11. The van der Waals surface area contributed by atoms with Gasteiger partial charge in [0.15, 0.2) is 0 Å². The number of nitrogens with one attached hydrogen (secondary N) is 1. The Labute approximate surface area is 99.5 Å². The van der Waals surface area contributed by atoms with Gasteiger partial charge in [0.05, 0.1) is 12.6 Å². The molecule has 0 aromatic carbocycles. The smallest absolute Gasteiger partial charge is 0.0647 e. The van der Waals surface area contributed by atoms with Crippen LogP contribution in [0.2, 0.25) is 0 Å². The predicted molar refractivity (Wildman–Crippen MR) is 67.1 cm³/mol. The van der Waals surface area contributed by atoms with Gasteiger partial charge in [0, 0.05) is 12.6 Å². The molecule has 1 rings (SSSR count). The van der Waals surface area contributed by atoms with Gasteiger partial charge < -0.3 is 4.74 Å². The number of rotatable bonds is 7. The minimum Gasteiger partial charge on any atom is -0.383 e. The summed E-state index contributed by atoms with van der Waals surface area (Å²) in [6.07, 6.45) is 4.85. The first-order valence-electron chi connectivity index (χ1n) is 6.45. The van der Waals surface area contributed by atoms with Crippen molar-refractivity contribution in [3.05, 3.63) is 0 Å². The zero-order valence-electron chi connectivity index (χ0n) is 11.0. The Balaban J connectivity index is 2.82. The average molecular weight is 229 g/mol. The fraction of sp³-hybridized carbons (Fsp3) is 1.00. The van der Waals surface area contributed by atoms with E-state index in [1.807, 2.05) is 0 Å². The molecule has 0 radical (unpaired) electrons. The van der Waals surface area contributed by atoms with Gasteiger partial charge in [0.1, 0.15) is 0 Å². The highest BCUT2D eigenvalue weighted by atomic mass is 16.5. The van der Waals surface area contributed by atoms with Crippen LogP contribution in [0.25, 0.3) is 0 Å². The number of hydrogen-bond acceptors (Lipinski definition) is 4. The Hall–Kier alpha value is -0.160. The quantitative estimate of drug-likeness (QED) is 0.507. The van der Waals surface area contributed by atoms with Gasteiger partial charge in [-0.25, -0.2) is 0 Å². The minimum atomic E-state index is 0.154. The summed E-state index contributed by atoms with van der Waals surface area (Å²) < 4.78 is 5.29. The number of hydrazine groups is 1. The van der Waals surface area contributed by atoms with Crippen LogP contribution in [0.1, 0.15) is 39.5 Å². The molecule has 0 aliphatic carbocycles. The van der Waals surface area contributed by atoms with Crippen LogP contribution in [0.3, 0.4) is 0 Å². The molecule has 0 amide bonds. The molecule has 1 heterocycles. The van der Waals surface area contributed by atoms with Crippen LogP contribution in [0.4, 0.5) is 0 Å². The highest BCUT2D eigenvalue weighted by Crippen LogP contribution is 2.31. The number of methoxy groups -OCH3 is 1. The molecule has 16 heavy (non-hydrogen) atoms. The summed E-state index contributed by atoms with van der Waals surface area (Å²) >= 11 is 0. The largest absolute Gasteiger partial charge is 0.383 e. The maximum Gasteiger partial charge on any atom is 0.0647 e. The molecule has 4 heteroatoms. The molecule has 96 valence electrons. The molecule has 1 aliphatic rings. The summed E-state index contributed by atoms with van der Waals surface area (Å²) in [5.74, 6) is 5.71. The van der Waals surface area contributed by atoms with Crippen molar-refractivity contribution in [3.63, 3.8) is 0 Å². The molecule has 1 saturated heterocycles. The summed E-state index contributed by atoms with van der Waals surface area (Å²) in [6, 6.07) is 0.214. The molecular formula is C12H27N3O. The highest BCUT2D eigenvalue weighted by molar-refractivity contribution is 4.99. The third-order valence-electron chi connectivity index (χ3n) is 4.14. The molecule has 0 bridgehead atoms. The highest BCUT2D eigenvalue weighted by Gasteiger charge is 2.41. The number of hydrogen-bond donors (Lipinski definition) is 2. The van der Waals surface area contributed by atoms with Crippen molar-refractivity contribution in [3.8, 4) is 0 Å². The molecular weight excluding hydrogens is 202 g/mol. The van der Waals surface area contributed by atoms with Crippen molar-refractivity contribution in [1.29, 1.82) is 0 Å². The van der Waals surface area contributed by atoms with Crippen LogP contribution in [-0.2, 0) is 4.74 Å². The molecule has 1 fully saturated rings. The second-order valence-electron chi connectivity index (χ2n) is 4.68. The monoisotopic (exact) mass is 229 g/mol. The van der Waals surface area contributed by atoms with Gasteiger partial charge in [-0.2, -0.15) is 0 Å². The Morgan fingerprint density at radius 3 is 2.25 bits per heavy atom. The lowest BCUT2D eigenvalue weighted by atomic mass is 9.83. The molecule has 0 saturated carbocycles. The van der Waals surface area contributed by atoms with Crippen molar-refractivity contribution < 1.29 is 4.74 Å². The van der Waals surface area contributed by atoms with E-state index in [1.54, 1.807) is 7.11 Å². The third kappa shape index (κ3) is 2.56. The van der Waals surface area contributed by atoms with E-state index in [4.69, 9.17) is 10.6 Å². The van der Waals surface area contributed by atoms with Gasteiger partial charge in [-0.15, -0.1) is 0 Å². The second-order valence-corrected chi connectivity index (χ2v) is 4.68. The van der Waals surface area contributed by atoms with Crippen molar-refractivity contribution in [2.45, 2.75) is 51.1 Å². The van der Waals surface area contributed by atoms with E-state index >= 15 is 0 Å². The van der Waals surface area contributed by atoms with E-state index in [1.165, 1.54) is 25.9 Å². The first-order valence-corrected chi connectivity index (χ1v) is 6.45. The van der Waals surface area contributed by atoms with Gasteiger partial charge >= 0.3 is 0 Å². The maximum atomic E-state index is 5.71. The standard InChI is InChI=1S/C12H27N3O/c1-4-12(5-2,11(14-13)10-16-3)15-8-6-7-9-15/h11,14H,4-10,13H2,1-3H3. The Morgan fingerprint density at radius 1 is 1.31 bits per heavy atom. The van der Waals surface area contributed by atoms with Gasteiger partial charge in [0.25, 0.3) is 0 Å². The van der Waals surface area contributed by atoms with Crippen LogP contribution in [-0.4, -0.2) is 43.3 Å². The Morgan fingerprint density at radius 2 is 1.88 bits per heavy atom. The lowest BCUT2D eigenvalue weighted by Crippen LogP contribution is -2.63. The SMILES string of the molecule is CCC(CC)(C(COC)NN)N1CCCC1. The molecule has 4 nitrogen and oxygen atoms in total. The lowest BCUT2D eigenvalue weighted by Gasteiger charge is -2.46. The summed E-state index contributed by atoms with van der Waals surface area (Å²) in [7, 11) is 1.74. The van der Waals surface area contributed by atoms with E-state index in [2.05, 4.69) is 24.2 Å². The molecule has 3 N–H and O–H groups in total. The van der Waals surface area contributed by atoms with Gasteiger partial charge in [-0.3, -0.25) is 16.2 Å². The summed E-state index contributed by atoms with van der Waals surface area (Å²) in [4.78, 5) is 2.59. The lowest BCUT2D eigenvalue weighted by molar-refractivity contribution is 0.0243. The van der Waals surface area contributed by atoms with E-state index in [-0.39, 0.29) is 11.6 Å². The molecule has 1 aliphatic heterocycles. The molecule has 0 spiro atoms. The summed E-state index contributed by atoms with van der Waals surface area (Å²) in [6.45, 7) is 7.57. The zero-order chi connectivity index (χ0) is 12.0.